The predicted molar refractivity (Wildman–Crippen MR) is 84.4 cm³/mol. The molecule has 0 saturated carbocycles. The molecule has 0 bridgehead atoms. The Morgan fingerprint density at radius 2 is 1.91 bits per heavy atom. The first kappa shape index (κ1) is 17.2. The van der Waals surface area contributed by atoms with Crippen LogP contribution in [0.25, 0.3) is 0 Å². The van der Waals surface area contributed by atoms with Gasteiger partial charge in [-0.15, -0.1) is 0 Å². The molecule has 0 radical (unpaired) electrons. The number of nitrogens with one attached hydrogen (secondary N) is 2. The molecule has 1 aliphatic heterocycles. The van der Waals surface area contributed by atoms with Gasteiger partial charge in [-0.05, 0) is 30.5 Å². The first-order chi connectivity index (χ1) is 11.1. The Bertz CT molecular complexity index is 579. The largest absolute Gasteiger partial charge is 0.486 e. The minimum absolute atomic E-state index is 0.0377. The maximum atomic E-state index is 11.5. The Hall–Kier alpha value is -2.15. The molecule has 1 aromatic rings. The van der Waals surface area contributed by atoms with E-state index in [-0.39, 0.29) is 12.5 Å². The Labute approximate surface area is 138 Å². The van der Waals surface area contributed by atoms with E-state index in [4.69, 9.17) is 26.2 Å². The Morgan fingerprint density at radius 1 is 1.17 bits per heavy atom. The molecule has 7 nitrogen and oxygen atoms in total. The average molecular weight is 343 g/mol. The van der Waals surface area contributed by atoms with Gasteiger partial charge in [0, 0.05) is 19.5 Å². The van der Waals surface area contributed by atoms with Crippen LogP contribution < -0.4 is 20.1 Å². The summed E-state index contributed by atoms with van der Waals surface area (Å²) in [6, 6.07) is 3.33. The molecule has 0 aromatic heterocycles. The average Bonchev–Trinajstić information content (AvgIpc) is 2.51. The summed E-state index contributed by atoms with van der Waals surface area (Å²) in [5.74, 6) is 0.311. The second kappa shape index (κ2) is 8.47. The molecule has 0 aliphatic carbocycles. The molecular formula is C15H19ClN2O5. The van der Waals surface area contributed by atoms with Crippen LogP contribution in [0.1, 0.15) is 18.4 Å². The number of benzene rings is 1. The first-order valence-corrected chi connectivity index (χ1v) is 7.75. The summed E-state index contributed by atoms with van der Waals surface area (Å²) in [5.41, 5.74) is 0.936. The highest BCUT2D eigenvalue weighted by Gasteiger charge is 2.16. The molecule has 23 heavy (non-hydrogen) atoms. The van der Waals surface area contributed by atoms with E-state index in [0.717, 1.165) is 5.56 Å². The van der Waals surface area contributed by atoms with Gasteiger partial charge in [0.2, 0.25) is 0 Å². The van der Waals surface area contributed by atoms with E-state index < -0.39 is 5.97 Å². The van der Waals surface area contributed by atoms with Crippen LogP contribution in [0.2, 0.25) is 5.02 Å². The summed E-state index contributed by atoms with van der Waals surface area (Å²) in [7, 11) is 0. The number of aliphatic carboxylic acids is 1. The zero-order valence-corrected chi connectivity index (χ0v) is 13.3. The predicted octanol–water partition coefficient (Wildman–Crippen LogP) is 1.82. The van der Waals surface area contributed by atoms with Crippen LogP contribution in [0, 0.1) is 0 Å². The molecule has 3 N–H and O–H groups in total. The molecule has 0 saturated heterocycles. The lowest BCUT2D eigenvalue weighted by Crippen LogP contribution is -2.37. The van der Waals surface area contributed by atoms with E-state index >= 15 is 0 Å². The van der Waals surface area contributed by atoms with E-state index in [2.05, 4.69) is 10.6 Å². The minimum atomic E-state index is -0.873. The van der Waals surface area contributed by atoms with Crippen molar-refractivity contribution in [2.45, 2.75) is 19.3 Å². The van der Waals surface area contributed by atoms with Gasteiger partial charge in [0.1, 0.15) is 13.2 Å². The van der Waals surface area contributed by atoms with E-state index in [0.29, 0.717) is 55.7 Å². The van der Waals surface area contributed by atoms with Crippen LogP contribution in [0.4, 0.5) is 4.79 Å². The summed E-state index contributed by atoms with van der Waals surface area (Å²) in [6.07, 6.45) is 1.04. The van der Waals surface area contributed by atoms with Crippen molar-refractivity contribution >= 4 is 23.6 Å². The fourth-order valence-electron chi connectivity index (χ4n) is 2.13. The van der Waals surface area contributed by atoms with Gasteiger partial charge in [-0.2, -0.15) is 0 Å². The van der Waals surface area contributed by atoms with Gasteiger partial charge in [-0.25, -0.2) is 4.79 Å². The van der Waals surface area contributed by atoms with Crippen LogP contribution in [0.5, 0.6) is 11.5 Å². The number of halogens is 1. The van der Waals surface area contributed by atoms with Gasteiger partial charge >= 0.3 is 12.0 Å². The number of hydrogen-bond acceptors (Lipinski definition) is 4. The first-order valence-electron chi connectivity index (χ1n) is 7.38. The molecule has 1 heterocycles. The van der Waals surface area contributed by atoms with Crippen molar-refractivity contribution in [2.24, 2.45) is 0 Å². The SMILES string of the molecule is O=C(O)CCCNC(=O)NCCc1cc(Cl)c2c(c1)OCCO2. The zero-order chi connectivity index (χ0) is 16.7. The zero-order valence-electron chi connectivity index (χ0n) is 12.6. The number of carbonyl (C=O) groups excluding carboxylic acids is 1. The van der Waals surface area contributed by atoms with Gasteiger partial charge in [-0.1, -0.05) is 11.6 Å². The van der Waals surface area contributed by atoms with Crippen molar-refractivity contribution in [3.05, 3.63) is 22.7 Å². The molecule has 1 aliphatic rings. The summed E-state index contributed by atoms with van der Waals surface area (Å²) >= 11 is 6.15. The Balaban J connectivity index is 1.73. The molecule has 1 aromatic carbocycles. The number of fused-ring (bicyclic) bond motifs is 1. The van der Waals surface area contributed by atoms with E-state index in [1.165, 1.54) is 0 Å². The second-order valence-electron chi connectivity index (χ2n) is 5.03. The lowest BCUT2D eigenvalue weighted by molar-refractivity contribution is -0.137. The van der Waals surface area contributed by atoms with Gasteiger partial charge in [-0.3, -0.25) is 4.79 Å². The smallest absolute Gasteiger partial charge is 0.314 e. The summed E-state index contributed by atoms with van der Waals surface area (Å²) in [4.78, 5) is 21.9. The van der Waals surface area contributed by atoms with Gasteiger partial charge in [0.15, 0.2) is 11.5 Å². The van der Waals surface area contributed by atoms with Gasteiger partial charge in [0.25, 0.3) is 0 Å². The van der Waals surface area contributed by atoms with Crippen LogP contribution in [-0.2, 0) is 11.2 Å². The molecular weight excluding hydrogens is 324 g/mol. The Kier molecular flexibility index (Phi) is 6.34. The molecule has 0 spiro atoms. The number of amides is 2. The fraction of sp³-hybridized carbons (Fsp3) is 0.467. The molecule has 8 heteroatoms. The number of carboxylic acids is 1. The number of ether oxygens (including phenoxy) is 2. The highest BCUT2D eigenvalue weighted by molar-refractivity contribution is 6.32. The van der Waals surface area contributed by atoms with Crippen molar-refractivity contribution in [3.63, 3.8) is 0 Å². The number of urea groups is 1. The normalized spacial score (nSPS) is 12.6. The topological polar surface area (TPSA) is 96.9 Å². The van der Waals surface area contributed by atoms with Crippen LogP contribution in [-0.4, -0.2) is 43.4 Å². The highest BCUT2D eigenvalue weighted by atomic mass is 35.5. The molecule has 2 rings (SSSR count). The summed E-state index contributed by atoms with van der Waals surface area (Å²) < 4.78 is 10.9. The summed E-state index contributed by atoms with van der Waals surface area (Å²) in [5, 5.41) is 14.3. The fourth-order valence-corrected chi connectivity index (χ4v) is 2.42. The molecule has 0 atom stereocenters. The van der Waals surface area contributed by atoms with Crippen molar-refractivity contribution in [1.29, 1.82) is 0 Å². The third-order valence-corrected chi connectivity index (χ3v) is 3.49. The van der Waals surface area contributed by atoms with Crippen molar-refractivity contribution in [1.82, 2.24) is 10.6 Å². The van der Waals surface area contributed by atoms with E-state index in [1.54, 1.807) is 6.07 Å². The van der Waals surface area contributed by atoms with Gasteiger partial charge in [0.05, 0.1) is 5.02 Å². The number of hydrogen-bond donors (Lipinski definition) is 3. The lowest BCUT2D eigenvalue weighted by Gasteiger charge is -2.20. The van der Waals surface area contributed by atoms with E-state index in [9.17, 15) is 9.59 Å². The molecule has 2 amide bonds. The quantitative estimate of drug-likeness (QED) is 0.657. The monoisotopic (exact) mass is 342 g/mol. The maximum absolute atomic E-state index is 11.5. The number of carbonyl (C=O) groups is 2. The lowest BCUT2D eigenvalue weighted by atomic mass is 10.1. The standard InChI is InChI=1S/C15H19ClN2O5/c16-11-8-10(9-12-14(11)23-7-6-22-12)3-5-18-15(21)17-4-1-2-13(19)20/h8-9H,1-7H2,(H,19,20)(H2,17,18,21). The van der Waals surface area contributed by atoms with Crippen molar-refractivity contribution in [3.8, 4) is 11.5 Å². The van der Waals surface area contributed by atoms with Crippen LogP contribution in [0.3, 0.4) is 0 Å². The Morgan fingerprint density at radius 3 is 2.70 bits per heavy atom. The number of rotatable bonds is 7. The third kappa shape index (κ3) is 5.52. The minimum Gasteiger partial charge on any atom is -0.486 e. The van der Waals surface area contributed by atoms with E-state index in [1.807, 2.05) is 6.07 Å². The highest BCUT2D eigenvalue weighted by Crippen LogP contribution is 2.38. The van der Waals surface area contributed by atoms with Crippen LogP contribution >= 0.6 is 11.6 Å². The van der Waals surface area contributed by atoms with Crippen molar-refractivity contribution in [2.75, 3.05) is 26.3 Å². The third-order valence-electron chi connectivity index (χ3n) is 3.21. The second-order valence-corrected chi connectivity index (χ2v) is 5.44. The summed E-state index contributed by atoms with van der Waals surface area (Å²) in [6.45, 7) is 1.73. The van der Waals surface area contributed by atoms with Crippen molar-refractivity contribution < 1.29 is 24.2 Å². The molecule has 0 fully saturated rings. The molecule has 0 unspecified atom stereocenters. The molecule has 126 valence electrons. The number of carboxylic acid groups (broad SMARTS) is 1. The van der Waals surface area contributed by atoms with Crippen LogP contribution in [0.15, 0.2) is 12.1 Å². The van der Waals surface area contributed by atoms with Gasteiger partial charge < -0.3 is 25.2 Å². The maximum Gasteiger partial charge on any atom is 0.314 e.